The van der Waals surface area contributed by atoms with Gasteiger partial charge in [0.1, 0.15) is 23.1 Å². The predicted molar refractivity (Wildman–Crippen MR) is 99.2 cm³/mol. The van der Waals surface area contributed by atoms with Crippen molar-refractivity contribution in [1.29, 1.82) is 0 Å². The molecular formula is C19H16F2N4O3. The summed E-state index contributed by atoms with van der Waals surface area (Å²) in [6.07, 6.45) is 0. The summed E-state index contributed by atoms with van der Waals surface area (Å²) < 4.78 is 37.0. The van der Waals surface area contributed by atoms with E-state index in [0.29, 0.717) is 17.2 Å². The fraction of sp³-hybridized carbons (Fsp3) is 0.105. The van der Waals surface area contributed by atoms with Gasteiger partial charge in [0.05, 0.1) is 25.6 Å². The standard InChI is InChI=1S/C19H16F2N4O3/c1-27-12-4-7-17(28-2)16(10-12)23-19(26)15-6-8-18(25-24-15)22-14-5-3-11(20)9-13(14)21/h3-10H,1-2H3,(H,22,25)(H,23,26). The van der Waals surface area contributed by atoms with Gasteiger partial charge in [-0.3, -0.25) is 4.79 Å². The molecule has 2 aromatic carbocycles. The highest BCUT2D eigenvalue weighted by Crippen LogP contribution is 2.29. The van der Waals surface area contributed by atoms with Crippen LogP contribution in [0.5, 0.6) is 11.5 Å². The van der Waals surface area contributed by atoms with Crippen LogP contribution in [-0.4, -0.2) is 30.3 Å². The molecule has 3 aromatic rings. The molecule has 0 unspecified atom stereocenters. The number of nitrogens with one attached hydrogen (secondary N) is 2. The molecule has 9 heteroatoms. The third kappa shape index (κ3) is 4.32. The molecule has 1 heterocycles. The molecule has 7 nitrogen and oxygen atoms in total. The van der Waals surface area contributed by atoms with Crippen LogP contribution >= 0.6 is 0 Å². The van der Waals surface area contributed by atoms with E-state index in [0.717, 1.165) is 12.1 Å². The predicted octanol–water partition coefficient (Wildman–Crippen LogP) is 3.77. The molecule has 0 aliphatic rings. The minimum atomic E-state index is -0.770. The minimum Gasteiger partial charge on any atom is -0.497 e. The molecule has 0 saturated carbocycles. The van der Waals surface area contributed by atoms with Gasteiger partial charge in [-0.1, -0.05) is 0 Å². The van der Waals surface area contributed by atoms with Crippen molar-refractivity contribution in [2.24, 2.45) is 0 Å². The van der Waals surface area contributed by atoms with Crippen molar-refractivity contribution < 1.29 is 23.0 Å². The summed E-state index contributed by atoms with van der Waals surface area (Å²) in [5, 5.41) is 13.0. The van der Waals surface area contributed by atoms with Crippen molar-refractivity contribution in [2.45, 2.75) is 0 Å². The number of ether oxygens (including phenoxy) is 2. The van der Waals surface area contributed by atoms with E-state index in [1.165, 1.54) is 32.4 Å². The summed E-state index contributed by atoms with van der Waals surface area (Å²) in [4.78, 5) is 12.4. The maximum atomic E-state index is 13.7. The van der Waals surface area contributed by atoms with Gasteiger partial charge in [-0.25, -0.2) is 8.78 Å². The molecule has 2 N–H and O–H groups in total. The first-order chi connectivity index (χ1) is 13.5. The van der Waals surface area contributed by atoms with Crippen molar-refractivity contribution in [2.75, 3.05) is 24.9 Å². The summed E-state index contributed by atoms with van der Waals surface area (Å²) in [5.41, 5.74) is 0.480. The van der Waals surface area contributed by atoms with Crippen LogP contribution in [0.2, 0.25) is 0 Å². The number of carbonyl (C=O) groups excluding carboxylic acids is 1. The third-order valence-corrected chi connectivity index (χ3v) is 3.75. The van der Waals surface area contributed by atoms with Gasteiger partial charge in [-0.05, 0) is 36.4 Å². The average Bonchev–Trinajstić information content (AvgIpc) is 2.70. The molecule has 28 heavy (non-hydrogen) atoms. The van der Waals surface area contributed by atoms with E-state index < -0.39 is 17.5 Å². The second kappa shape index (κ2) is 8.30. The van der Waals surface area contributed by atoms with Crippen LogP contribution in [0, 0.1) is 11.6 Å². The van der Waals surface area contributed by atoms with E-state index in [-0.39, 0.29) is 17.2 Å². The fourth-order valence-electron chi connectivity index (χ4n) is 2.35. The van der Waals surface area contributed by atoms with Crippen LogP contribution in [0.4, 0.5) is 26.0 Å². The molecule has 0 aliphatic carbocycles. The van der Waals surface area contributed by atoms with Gasteiger partial charge in [-0.2, -0.15) is 0 Å². The number of amides is 1. The summed E-state index contributed by atoms with van der Waals surface area (Å²) in [6.45, 7) is 0. The Labute approximate surface area is 159 Å². The topological polar surface area (TPSA) is 85.4 Å². The summed E-state index contributed by atoms with van der Waals surface area (Å²) in [6, 6.07) is 10.9. The van der Waals surface area contributed by atoms with Gasteiger partial charge >= 0.3 is 0 Å². The summed E-state index contributed by atoms with van der Waals surface area (Å²) in [5.74, 6) is -0.780. The molecule has 0 saturated heterocycles. The molecule has 1 aromatic heterocycles. The van der Waals surface area contributed by atoms with E-state index in [1.54, 1.807) is 18.2 Å². The van der Waals surface area contributed by atoms with Crippen LogP contribution in [-0.2, 0) is 0 Å². The smallest absolute Gasteiger partial charge is 0.276 e. The fourth-order valence-corrected chi connectivity index (χ4v) is 2.35. The lowest BCUT2D eigenvalue weighted by molar-refractivity contribution is 0.102. The van der Waals surface area contributed by atoms with E-state index in [1.807, 2.05) is 0 Å². The van der Waals surface area contributed by atoms with Crippen molar-refractivity contribution in [1.82, 2.24) is 10.2 Å². The Balaban J connectivity index is 1.73. The first-order valence-corrected chi connectivity index (χ1v) is 8.09. The van der Waals surface area contributed by atoms with Crippen LogP contribution in [0.25, 0.3) is 0 Å². The molecular weight excluding hydrogens is 370 g/mol. The first-order valence-electron chi connectivity index (χ1n) is 8.09. The maximum absolute atomic E-state index is 13.7. The number of hydrogen-bond acceptors (Lipinski definition) is 6. The summed E-state index contributed by atoms with van der Waals surface area (Å²) in [7, 11) is 2.99. The zero-order chi connectivity index (χ0) is 20.1. The number of aromatic nitrogens is 2. The Morgan fingerprint density at radius 3 is 2.39 bits per heavy atom. The second-order valence-corrected chi connectivity index (χ2v) is 5.57. The zero-order valence-corrected chi connectivity index (χ0v) is 15.0. The Hall–Kier alpha value is -3.75. The number of halogens is 2. The monoisotopic (exact) mass is 386 g/mol. The molecule has 0 aliphatic heterocycles. The number of rotatable bonds is 6. The average molecular weight is 386 g/mol. The zero-order valence-electron chi connectivity index (χ0n) is 15.0. The molecule has 0 bridgehead atoms. The highest BCUT2D eigenvalue weighted by Gasteiger charge is 2.13. The number of benzene rings is 2. The van der Waals surface area contributed by atoms with Gasteiger partial charge in [-0.15, -0.1) is 10.2 Å². The number of carbonyl (C=O) groups is 1. The second-order valence-electron chi connectivity index (χ2n) is 5.57. The third-order valence-electron chi connectivity index (χ3n) is 3.75. The van der Waals surface area contributed by atoms with E-state index >= 15 is 0 Å². The largest absolute Gasteiger partial charge is 0.497 e. The van der Waals surface area contributed by atoms with Crippen LogP contribution in [0.15, 0.2) is 48.5 Å². The van der Waals surface area contributed by atoms with E-state index in [2.05, 4.69) is 20.8 Å². The van der Waals surface area contributed by atoms with Gasteiger partial charge in [0.2, 0.25) is 0 Å². The molecule has 0 fully saturated rings. The Morgan fingerprint density at radius 1 is 0.929 bits per heavy atom. The van der Waals surface area contributed by atoms with Crippen LogP contribution < -0.4 is 20.1 Å². The number of methoxy groups -OCH3 is 2. The lowest BCUT2D eigenvalue weighted by Gasteiger charge is -2.11. The normalized spacial score (nSPS) is 10.3. The highest BCUT2D eigenvalue weighted by atomic mass is 19.1. The first kappa shape index (κ1) is 19.0. The van der Waals surface area contributed by atoms with Crippen molar-refractivity contribution >= 4 is 23.1 Å². The van der Waals surface area contributed by atoms with E-state index in [4.69, 9.17) is 9.47 Å². The van der Waals surface area contributed by atoms with Crippen molar-refractivity contribution in [3.8, 4) is 11.5 Å². The molecule has 0 atom stereocenters. The van der Waals surface area contributed by atoms with Crippen LogP contribution in [0.3, 0.4) is 0 Å². The quantitative estimate of drug-likeness (QED) is 0.671. The molecule has 144 valence electrons. The SMILES string of the molecule is COc1ccc(OC)c(NC(=O)c2ccc(Nc3ccc(F)cc3F)nn2)c1. The van der Waals surface area contributed by atoms with Gasteiger partial charge in [0.25, 0.3) is 5.91 Å². The molecule has 3 rings (SSSR count). The van der Waals surface area contributed by atoms with Gasteiger partial charge in [0.15, 0.2) is 11.5 Å². The lowest BCUT2D eigenvalue weighted by atomic mass is 10.2. The highest BCUT2D eigenvalue weighted by molar-refractivity contribution is 6.03. The maximum Gasteiger partial charge on any atom is 0.276 e. The lowest BCUT2D eigenvalue weighted by Crippen LogP contribution is -2.15. The number of nitrogens with zero attached hydrogens (tertiary/aromatic N) is 2. The summed E-state index contributed by atoms with van der Waals surface area (Å²) >= 11 is 0. The minimum absolute atomic E-state index is 0.0361. The van der Waals surface area contributed by atoms with Gasteiger partial charge in [0, 0.05) is 12.1 Å². The van der Waals surface area contributed by atoms with Gasteiger partial charge < -0.3 is 20.1 Å². The Morgan fingerprint density at radius 2 is 1.75 bits per heavy atom. The molecule has 0 radical (unpaired) electrons. The number of hydrogen-bond donors (Lipinski definition) is 2. The van der Waals surface area contributed by atoms with Crippen molar-refractivity contribution in [3.63, 3.8) is 0 Å². The molecule has 1 amide bonds. The van der Waals surface area contributed by atoms with Crippen molar-refractivity contribution in [3.05, 3.63) is 65.9 Å². The Kier molecular flexibility index (Phi) is 5.64. The van der Waals surface area contributed by atoms with Crippen LogP contribution in [0.1, 0.15) is 10.5 Å². The molecule has 0 spiro atoms. The number of anilines is 3. The van der Waals surface area contributed by atoms with E-state index in [9.17, 15) is 13.6 Å². The Bertz CT molecular complexity index is 997.